The number of rotatable bonds is 9. The number of nitrogens with one attached hydrogen (secondary N) is 1. The summed E-state index contributed by atoms with van der Waals surface area (Å²) in [5, 5.41) is 2.19. The van der Waals surface area contributed by atoms with Crippen molar-refractivity contribution in [1.29, 1.82) is 0 Å². The molecule has 96 valence electrons. The molecule has 0 saturated heterocycles. The molecule has 0 saturated carbocycles. The smallest absolute Gasteiger partial charge is 0.325 e. The standard InChI is InChI=1S/C10H21NO4S/c1-3-4-5-6-7-8-9-14-16(13)15-10(12)11-2/h3-9H2,1-2H3,(H,11,12). The fraction of sp³-hybridized carbons (Fsp3) is 0.900. The Labute approximate surface area is 99.8 Å². The van der Waals surface area contributed by atoms with Gasteiger partial charge in [-0.3, -0.25) is 4.18 Å². The second-order valence-corrected chi connectivity index (χ2v) is 4.23. The molecule has 0 aromatic rings. The van der Waals surface area contributed by atoms with Crippen molar-refractivity contribution in [1.82, 2.24) is 5.32 Å². The summed E-state index contributed by atoms with van der Waals surface area (Å²) in [4.78, 5) is 10.6. The van der Waals surface area contributed by atoms with Crippen LogP contribution < -0.4 is 5.32 Å². The van der Waals surface area contributed by atoms with Gasteiger partial charge in [0, 0.05) is 7.05 Å². The topological polar surface area (TPSA) is 64.6 Å². The molecule has 0 aromatic heterocycles. The zero-order valence-corrected chi connectivity index (χ0v) is 10.8. The van der Waals surface area contributed by atoms with E-state index in [9.17, 15) is 9.00 Å². The van der Waals surface area contributed by atoms with Gasteiger partial charge in [0.15, 0.2) is 0 Å². The van der Waals surface area contributed by atoms with Gasteiger partial charge in [-0.05, 0) is 6.42 Å². The monoisotopic (exact) mass is 251 g/mol. The predicted octanol–water partition coefficient (Wildman–Crippen LogP) is 2.30. The van der Waals surface area contributed by atoms with Gasteiger partial charge >= 0.3 is 17.5 Å². The van der Waals surface area contributed by atoms with E-state index in [1.807, 2.05) is 0 Å². The molecule has 0 aromatic carbocycles. The third kappa shape index (κ3) is 9.92. The Morgan fingerprint density at radius 2 is 1.81 bits per heavy atom. The minimum Gasteiger partial charge on any atom is -0.325 e. The van der Waals surface area contributed by atoms with Crippen molar-refractivity contribution >= 4 is 17.5 Å². The van der Waals surface area contributed by atoms with Crippen molar-refractivity contribution in [2.75, 3.05) is 13.7 Å². The number of carbonyl (C=O) groups is 1. The lowest BCUT2D eigenvalue weighted by molar-refractivity contribution is 0.196. The molecule has 0 radical (unpaired) electrons. The Balaban J connectivity index is 3.24. The molecule has 0 aliphatic carbocycles. The molecule has 0 fully saturated rings. The van der Waals surface area contributed by atoms with Crippen LogP contribution in [0.3, 0.4) is 0 Å². The van der Waals surface area contributed by atoms with Gasteiger partial charge in [-0.25, -0.2) is 4.79 Å². The maximum atomic E-state index is 11.0. The molecular weight excluding hydrogens is 230 g/mol. The van der Waals surface area contributed by atoms with E-state index in [4.69, 9.17) is 4.18 Å². The summed E-state index contributed by atoms with van der Waals surface area (Å²) in [6.45, 7) is 2.53. The van der Waals surface area contributed by atoms with Crippen molar-refractivity contribution < 1.29 is 17.4 Å². The lowest BCUT2D eigenvalue weighted by Crippen LogP contribution is -2.21. The predicted molar refractivity (Wildman–Crippen MR) is 63.0 cm³/mol. The third-order valence-corrected chi connectivity index (χ3v) is 2.67. The molecular formula is C10H21NO4S. The number of unbranched alkanes of at least 4 members (excludes halogenated alkanes) is 5. The minimum atomic E-state index is -1.97. The third-order valence-electron chi connectivity index (χ3n) is 2.03. The second-order valence-electron chi connectivity index (χ2n) is 3.41. The lowest BCUT2D eigenvalue weighted by atomic mass is 10.1. The molecule has 1 N–H and O–H groups in total. The zero-order chi connectivity index (χ0) is 12.2. The summed E-state index contributed by atoms with van der Waals surface area (Å²) in [7, 11) is 1.40. The first-order chi connectivity index (χ1) is 7.70. The van der Waals surface area contributed by atoms with Gasteiger partial charge in [0.25, 0.3) is 0 Å². The van der Waals surface area contributed by atoms with Gasteiger partial charge in [-0.15, -0.1) is 0 Å². The quantitative estimate of drug-likeness (QED) is 0.639. The van der Waals surface area contributed by atoms with E-state index in [0.29, 0.717) is 6.61 Å². The van der Waals surface area contributed by atoms with Gasteiger partial charge in [-0.1, -0.05) is 39.0 Å². The molecule has 1 atom stereocenters. The van der Waals surface area contributed by atoms with Crippen LogP contribution in [-0.2, 0) is 19.7 Å². The summed E-state index contributed by atoms with van der Waals surface area (Å²) in [5.41, 5.74) is 0. The minimum absolute atomic E-state index is 0.357. The van der Waals surface area contributed by atoms with E-state index in [0.717, 1.165) is 12.8 Å². The van der Waals surface area contributed by atoms with Crippen molar-refractivity contribution in [3.8, 4) is 0 Å². The Morgan fingerprint density at radius 1 is 1.19 bits per heavy atom. The van der Waals surface area contributed by atoms with Crippen LogP contribution in [0.25, 0.3) is 0 Å². The first-order valence-electron chi connectivity index (χ1n) is 5.65. The number of hydrogen-bond donors (Lipinski definition) is 1. The van der Waals surface area contributed by atoms with Crippen molar-refractivity contribution in [3.63, 3.8) is 0 Å². The second kappa shape index (κ2) is 10.9. The van der Waals surface area contributed by atoms with Crippen LogP contribution in [0.15, 0.2) is 0 Å². The van der Waals surface area contributed by atoms with Gasteiger partial charge in [0.05, 0.1) is 6.61 Å². The highest BCUT2D eigenvalue weighted by atomic mass is 32.2. The van der Waals surface area contributed by atoms with E-state index >= 15 is 0 Å². The maximum absolute atomic E-state index is 11.0. The highest BCUT2D eigenvalue weighted by Gasteiger charge is 2.06. The molecule has 0 aliphatic heterocycles. The molecule has 1 unspecified atom stereocenters. The summed E-state index contributed by atoms with van der Waals surface area (Å²) >= 11 is -1.97. The van der Waals surface area contributed by atoms with Crippen LogP contribution in [0.5, 0.6) is 0 Å². The van der Waals surface area contributed by atoms with Crippen molar-refractivity contribution in [3.05, 3.63) is 0 Å². The largest absolute Gasteiger partial charge is 0.422 e. The number of hydrogen-bond acceptors (Lipinski definition) is 4. The van der Waals surface area contributed by atoms with E-state index < -0.39 is 17.5 Å². The first-order valence-corrected chi connectivity index (χ1v) is 6.65. The molecule has 1 amide bonds. The molecule has 6 heteroatoms. The summed E-state index contributed by atoms with van der Waals surface area (Å²) < 4.78 is 20.1. The SMILES string of the molecule is CCCCCCCCOS(=O)OC(=O)NC. The van der Waals surface area contributed by atoms with Crippen LogP contribution in [0.4, 0.5) is 4.79 Å². The van der Waals surface area contributed by atoms with Crippen LogP contribution in [0, 0.1) is 0 Å². The zero-order valence-electron chi connectivity index (χ0n) is 9.99. The molecule has 0 bridgehead atoms. The summed E-state index contributed by atoms with van der Waals surface area (Å²) in [5.74, 6) is 0. The van der Waals surface area contributed by atoms with Gasteiger partial charge < -0.3 is 9.50 Å². The van der Waals surface area contributed by atoms with Crippen LogP contribution in [-0.4, -0.2) is 24.0 Å². The van der Waals surface area contributed by atoms with Crippen molar-refractivity contribution in [2.24, 2.45) is 0 Å². The molecule has 5 nitrogen and oxygen atoms in total. The van der Waals surface area contributed by atoms with Gasteiger partial charge in [0.1, 0.15) is 0 Å². The van der Waals surface area contributed by atoms with Crippen LogP contribution in [0.2, 0.25) is 0 Å². The molecule has 0 heterocycles. The fourth-order valence-corrected chi connectivity index (χ4v) is 1.65. The maximum Gasteiger partial charge on any atom is 0.422 e. The Bertz CT molecular complexity index is 211. The Hall–Kier alpha value is -0.620. The fourth-order valence-electron chi connectivity index (χ4n) is 1.14. The van der Waals surface area contributed by atoms with E-state index in [1.165, 1.54) is 32.7 Å². The molecule has 0 aliphatic rings. The Kier molecular flexibility index (Phi) is 10.5. The molecule has 0 spiro atoms. The van der Waals surface area contributed by atoms with Gasteiger partial charge in [0.2, 0.25) is 0 Å². The normalized spacial score (nSPS) is 12.1. The summed E-state index contributed by atoms with van der Waals surface area (Å²) in [6, 6.07) is 0. The average Bonchev–Trinajstić information content (AvgIpc) is 2.27. The number of carbonyl (C=O) groups excluding carboxylic acids is 1. The van der Waals surface area contributed by atoms with E-state index in [1.54, 1.807) is 0 Å². The lowest BCUT2D eigenvalue weighted by Gasteiger charge is -2.03. The van der Waals surface area contributed by atoms with Crippen molar-refractivity contribution in [2.45, 2.75) is 45.4 Å². The number of amides is 1. The average molecular weight is 251 g/mol. The van der Waals surface area contributed by atoms with Gasteiger partial charge in [-0.2, -0.15) is 4.21 Å². The van der Waals surface area contributed by atoms with E-state index in [2.05, 4.69) is 16.4 Å². The molecule has 16 heavy (non-hydrogen) atoms. The van der Waals surface area contributed by atoms with Crippen LogP contribution >= 0.6 is 0 Å². The summed E-state index contributed by atoms with van der Waals surface area (Å²) in [6.07, 6.45) is 6.02. The Morgan fingerprint density at radius 3 is 2.44 bits per heavy atom. The highest BCUT2D eigenvalue weighted by Crippen LogP contribution is 2.05. The van der Waals surface area contributed by atoms with E-state index in [-0.39, 0.29) is 0 Å². The highest BCUT2D eigenvalue weighted by molar-refractivity contribution is 7.75. The first kappa shape index (κ1) is 15.4. The van der Waals surface area contributed by atoms with Crippen LogP contribution in [0.1, 0.15) is 45.4 Å². The molecule has 0 rings (SSSR count).